The van der Waals surface area contributed by atoms with E-state index in [1.807, 2.05) is 11.8 Å². The van der Waals surface area contributed by atoms with Gasteiger partial charge in [-0.05, 0) is 37.7 Å². The van der Waals surface area contributed by atoms with E-state index in [0.29, 0.717) is 23.2 Å². The van der Waals surface area contributed by atoms with Gasteiger partial charge in [0.05, 0.1) is 11.8 Å². The number of amides is 1. The van der Waals surface area contributed by atoms with Gasteiger partial charge in [0.1, 0.15) is 5.76 Å². The standard InChI is InChI=1S/C16H27NO2/c1-12(2)6-9-17(10-7-13(3)4)16(18)15-8-11-19-14(15)5/h8,11-13H,6-7,9-10H2,1-5H3. The smallest absolute Gasteiger partial charge is 0.257 e. The zero-order valence-electron chi connectivity index (χ0n) is 12.9. The Morgan fingerprint density at radius 1 is 1.16 bits per heavy atom. The molecule has 1 heterocycles. The lowest BCUT2D eigenvalue weighted by atomic mass is 10.1. The molecule has 0 bridgehead atoms. The van der Waals surface area contributed by atoms with E-state index in [2.05, 4.69) is 27.7 Å². The van der Waals surface area contributed by atoms with Gasteiger partial charge >= 0.3 is 0 Å². The Morgan fingerprint density at radius 3 is 2.05 bits per heavy atom. The van der Waals surface area contributed by atoms with E-state index in [9.17, 15) is 4.79 Å². The first-order valence-electron chi connectivity index (χ1n) is 7.25. The van der Waals surface area contributed by atoms with E-state index in [-0.39, 0.29) is 5.91 Å². The van der Waals surface area contributed by atoms with Gasteiger partial charge in [-0.3, -0.25) is 4.79 Å². The Hall–Kier alpha value is -1.25. The summed E-state index contributed by atoms with van der Waals surface area (Å²) in [5.74, 6) is 2.04. The number of nitrogens with zero attached hydrogens (tertiary/aromatic N) is 1. The lowest BCUT2D eigenvalue weighted by Gasteiger charge is -2.24. The minimum absolute atomic E-state index is 0.104. The van der Waals surface area contributed by atoms with Crippen molar-refractivity contribution in [2.75, 3.05) is 13.1 Å². The van der Waals surface area contributed by atoms with Crippen molar-refractivity contribution in [1.29, 1.82) is 0 Å². The fourth-order valence-electron chi connectivity index (χ4n) is 1.92. The van der Waals surface area contributed by atoms with Gasteiger partial charge in [0.15, 0.2) is 0 Å². The van der Waals surface area contributed by atoms with Gasteiger partial charge in [0, 0.05) is 13.1 Å². The normalized spacial score (nSPS) is 11.3. The molecule has 0 N–H and O–H groups in total. The number of aryl methyl sites for hydroxylation is 1. The van der Waals surface area contributed by atoms with Gasteiger partial charge < -0.3 is 9.32 Å². The number of hydrogen-bond acceptors (Lipinski definition) is 2. The zero-order valence-corrected chi connectivity index (χ0v) is 12.9. The molecular formula is C16H27NO2. The van der Waals surface area contributed by atoms with Crippen molar-refractivity contribution in [3.8, 4) is 0 Å². The third kappa shape index (κ3) is 5.09. The summed E-state index contributed by atoms with van der Waals surface area (Å²) < 4.78 is 5.24. The molecule has 0 saturated heterocycles. The molecule has 19 heavy (non-hydrogen) atoms. The molecule has 0 spiro atoms. The summed E-state index contributed by atoms with van der Waals surface area (Å²) in [5, 5.41) is 0. The van der Waals surface area contributed by atoms with Crippen molar-refractivity contribution in [3.63, 3.8) is 0 Å². The Morgan fingerprint density at radius 2 is 1.68 bits per heavy atom. The molecule has 108 valence electrons. The Bertz CT molecular complexity index is 381. The number of hydrogen-bond donors (Lipinski definition) is 0. The highest BCUT2D eigenvalue weighted by atomic mass is 16.3. The number of carbonyl (C=O) groups is 1. The van der Waals surface area contributed by atoms with Gasteiger partial charge in [0.25, 0.3) is 5.91 Å². The molecule has 3 nitrogen and oxygen atoms in total. The lowest BCUT2D eigenvalue weighted by molar-refractivity contribution is 0.0739. The van der Waals surface area contributed by atoms with Crippen molar-refractivity contribution < 1.29 is 9.21 Å². The van der Waals surface area contributed by atoms with Crippen LogP contribution in [0.2, 0.25) is 0 Å². The lowest BCUT2D eigenvalue weighted by Crippen LogP contribution is -2.34. The summed E-state index contributed by atoms with van der Waals surface area (Å²) in [4.78, 5) is 14.5. The van der Waals surface area contributed by atoms with E-state index in [1.165, 1.54) is 0 Å². The van der Waals surface area contributed by atoms with E-state index in [0.717, 1.165) is 25.9 Å². The maximum absolute atomic E-state index is 12.5. The fourth-order valence-corrected chi connectivity index (χ4v) is 1.92. The molecule has 0 saturated carbocycles. The van der Waals surface area contributed by atoms with Crippen LogP contribution >= 0.6 is 0 Å². The van der Waals surface area contributed by atoms with Crippen molar-refractivity contribution >= 4 is 5.91 Å². The quantitative estimate of drug-likeness (QED) is 0.743. The van der Waals surface area contributed by atoms with Crippen molar-refractivity contribution in [2.24, 2.45) is 11.8 Å². The van der Waals surface area contributed by atoms with Crippen LogP contribution < -0.4 is 0 Å². The van der Waals surface area contributed by atoms with Crippen molar-refractivity contribution in [1.82, 2.24) is 4.90 Å². The molecule has 0 fully saturated rings. The minimum Gasteiger partial charge on any atom is -0.469 e. The molecule has 1 aromatic heterocycles. The molecule has 3 heteroatoms. The average molecular weight is 265 g/mol. The van der Waals surface area contributed by atoms with Crippen LogP contribution in [0.25, 0.3) is 0 Å². The summed E-state index contributed by atoms with van der Waals surface area (Å²) in [6.07, 6.45) is 3.67. The van der Waals surface area contributed by atoms with Gasteiger partial charge in [-0.25, -0.2) is 0 Å². The van der Waals surface area contributed by atoms with E-state index >= 15 is 0 Å². The molecule has 0 aliphatic rings. The molecule has 0 aromatic carbocycles. The van der Waals surface area contributed by atoms with Crippen LogP contribution in [0.5, 0.6) is 0 Å². The van der Waals surface area contributed by atoms with Crippen molar-refractivity contribution in [2.45, 2.75) is 47.5 Å². The first-order valence-corrected chi connectivity index (χ1v) is 7.25. The van der Waals surface area contributed by atoms with Crippen LogP contribution in [0, 0.1) is 18.8 Å². The Labute approximate surface area is 117 Å². The van der Waals surface area contributed by atoms with Gasteiger partial charge in [-0.15, -0.1) is 0 Å². The topological polar surface area (TPSA) is 33.5 Å². The first-order chi connectivity index (χ1) is 8.91. The molecular weight excluding hydrogens is 238 g/mol. The summed E-state index contributed by atoms with van der Waals surface area (Å²) in [5.41, 5.74) is 0.701. The van der Waals surface area contributed by atoms with Crippen LogP contribution in [0.15, 0.2) is 16.7 Å². The summed E-state index contributed by atoms with van der Waals surface area (Å²) >= 11 is 0. The van der Waals surface area contributed by atoms with Gasteiger partial charge in [-0.1, -0.05) is 27.7 Å². The van der Waals surface area contributed by atoms with Gasteiger partial charge in [-0.2, -0.15) is 0 Å². The SMILES string of the molecule is Cc1occc1C(=O)N(CCC(C)C)CCC(C)C. The molecule has 0 atom stereocenters. The number of rotatable bonds is 7. The second-order valence-corrected chi connectivity index (χ2v) is 6.05. The predicted molar refractivity (Wildman–Crippen MR) is 78.3 cm³/mol. The highest BCUT2D eigenvalue weighted by Gasteiger charge is 2.19. The zero-order chi connectivity index (χ0) is 14.4. The first kappa shape index (κ1) is 15.8. The Balaban J connectivity index is 2.71. The second-order valence-electron chi connectivity index (χ2n) is 6.05. The summed E-state index contributed by atoms with van der Waals surface area (Å²) in [6, 6.07) is 1.77. The summed E-state index contributed by atoms with van der Waals surface area (Å²) in [6.45, 7) is 12.3. The molecule has 1 aromatic rings. The molecule has 0 unspecified atom stereocenters. The molecule has 0 aliphatic heterocycles. The summed E-state index contributed by atoms with van der Waals surface area (Å²) in [7, 11) is 0. The van der Waals surface area contributed by atoms with E-state index in [1.54, 1.807) is 12.3 Å². The van der Waals surface area contributed by atoms with E-state index in [4.69, 9.17) is 4.42 Å². The van der Waals surface area contributed by atoms with Crippen molar-refractivity contribution in [3.05, 3.63) is 23.7 Å². The third-order valence-electron chi connectivity index (χ3n) is 3.33. The third-order valence-corrected chi connectivity index (χ3v) is 3.33. The molecule has 0 radical (unpaired) electrons. The maximum atomic E-state index is 12.5. The van der Waals surface area contributed by atoms with Crippen LogP contribution in [0.3, 0.4) is 0 Å². The molecule has 1 rings (SSSR count). The molecule has 1 amide bonds. The monoisotopic (exact) mass is 265 g/mol. The van der Waals surface area contributed by atoms with Crippen LogP contribution in [-0.4, -0.2) is 23.9 Å². The fraction of sp³-hybridized carbons (Fsp3) is 0.688. The second kappa shape index (κ2) is 7.37. The van der Waals surface area contributed by atoms with Crippen LogP contribution in [-0.2, 0) is 0 Å². The maximum Gasteiger partial charge on any atom is 0.257 e. The predicted octanol–water partition coefficient (Wildman–Crippen LogP) is 4.12. The van der Waals surface area contributed by atoms with Gasteiger partial charge in [0.2, 0.25) is 0 Å². The minimum atomic E-state index is 0.104. The highest BCUT2D eigenvalue weighted by molar-refractivity contribution is 5.95. The van der Waals surface area contributed by atoms with Crippen LogP contribution in [0.1, 0.15) is 56.7 Å². The largest absolute Gasteiger partial charge is 0.469 e. The number of carbonyl (C=O) groups excluding carboxylic acids is 1. The average Bonchev–Trinajstić information content (AvgIpc) is 2.74. The highest BCUT2D eigenvalue weighted by Crippen LogP contribution is 2.15. The molecule has 0 aliphatic carbocycles. The Kier molecular flexibility index (Phi) is 6.13. The van der Waals surface area contributed by atoms with Crippen LogP contribution in [0.4, 0.5) is 0 Å². The number of furan rings is 1. The van der Waals surface area contributed by atoms with E-state index < -0.39 is 0 Å².